The normalized spacial score (nSPS) is 15.0. The van der Waals surface area contributed by atoms with Crippen molar-refractivity contribution in [2.45, 2.75) is 32.2 Å². The Morgan fingerprint density at radius 3 is 2.21 bits per heavy atom. The van der Waals surface area contributed by atoms with Crippen molar-refractivity contribution < 1.29 is 17.9 Å². The number of morpholine rings is 1. The summed E-state index contributed by atoms with van der Waals surface area (Å²) in [5, 5.41) is 0. The van der Waals surface area contributed by atoms with Crippen molar-refractivity contribution >= 4 is 15.9 Å². The number of carbonyl (C=O) groups is 1. The molecular formula is C22H28N2O4S. The zero-order valence-electron chi connectivity index (χ0n) is 17.2. The van der Waals surface area contributed by atoms with E-state index in [-0.39, 0.29) is 23.9 Å². The van der Waals surface area contributed by atoms with Crippen molar-refractivity contribution in [1.29, 1.82) is 0 Å². The number of carbonyl (C=O) groups excluding carboxylic acids is 1. The minimum Gasteiger partial charge on any atom is -0.378 e. The Morgan fingerprint density at radius 2 is 1.62 bits per heavy atom. The van der Waals surface area contributed by atoms with Gasteiger partial charge in [-0.2, -0.15) is 4.31 Å². The van der Waals surface area contributed by atoms with Crippen LogP contribution in [0.5, 0.6) is 0 Å². The highest BCUT2D eigenvalue weighted by Crippen LogP contribution is 2.26. The monoisotopic (exact) mass is 416 g/mol. The predicted molar refractivity (Wildman–Crippen MR) is 112 cm³/mol. The van der Waals surface area contributed by atoms with Gasteiger partial charge in [0.2, 0.25) is 15.9 Å². The van der Waals surface area contributed by atoms with Gasteiger partial charge >= 0.3 is 0 Å². The molecule has 2 aromatic carbocycles. The summed E-state index contributed by atoms with van der Waals surface area (Å²) < 4.78 is 33.9. The van der Waals surface area contributed by atoms with Crippen LogP contribution in [0.25, 0.3) is 0 Å². The standard InChI is InChI=1S/C22H28N2O4S/c1-17-13-18(2)22(19(3)14-17)29(26,27)24(15-20-7-5-4-6-8-20)16-21(25)23-9-11-28-12-10-23/h4-8,13-14H,9-12,15-16H2,1-3H3. The van der Waals surface area contributed by atoms with E-state index in [1.54, 1.807) is 18.7 Å². The fourth-order valence-corrected chi connectivity index (χ4v) is 5.57. The zero-order valence-corrected chi connectivity index (χ0v) is 18.0. The fourth-order valence-electron chi connectivity index (χ4n) is 3.78. The summed E-state index contributed by atoms with van der Waals surface area (Å²) >= 11 is 0. The van der Waals surface area contributed by atoms with Crippen LogP contribution in [0.15, 0.2) is 47.4 Å². The van der Waals surface area contributed by atoms with Crippen molar-refractivity contribution in [1.82, 2.24) is 9.21 Å². The van der Waals surface area contributed by atoms with Crippen molar-refractivity contribution in [3.05, 3.63) is 64.7 Å². The van der Waals surface area contributed by atoms with Crippen LogP contribution in [0, 0.1) is 20.8 Å². The minimum atomic E-state index is -3.86. The molecule has 0 N–H and O–H groups in total. The first-order chi connectivity index (χ1) is 13.8. The first-order valence-corrected chi connectivity index (χ1v) is 11.2. The lowest BCUT2D eigenvalue weighted by Gasteiger charge is -2.30. The number of hydrogen-bond donors (Lipinski definition) is 0. The smallest absolute Gasteiger partial charge is 0.244 e. The number of hydrogen-bond acceptors (Lipinski definition) is 4. The van der Waals surface area contributed by atoms with E-state index in [0.717, 1.165) is 11.1 Å². The molecule has 0 spiro atoms. The molecule has 0 atom stereocenters. The van der Waals surface area contributed by atoms with E-state index < -0.39 is 10.0 Å². The van der Waals surface area contributed by atoms with E-state index in [1.807, 2.05) is 49.4 Å². The van der Waals surface area contributed by atoms with Gasteiger partial charge in [0.25, 0.3) is 0 Å². The van der Waals surface area contributed by atoms with Crippen molar-refractivity contribution in [3.63, 3.8) is 0 Å². The summed E-state index contributed by atoms with van der Waals surface area (Å²) in [6.45, 7) is 7.44. The molecule has 1 fully saturated rings. The predicted octanol–water partition coefficient (Wildman–Crippen LogP) is 2.66. The third kappa shape index (κ3) is 5.04. The number of rotatable bonds is 6. The number of benzene rings is 2. The summed E-state index contributed by atoms with van der Waals surface area (Å²) in [6.07, 6.45) is 0. The van der Waals surface area contributed by atoms with Gasteiger partial charge in [-0.1, -0.05) is 48.0 Å². The second-order valence-corrected chi connectivity index (χ2v) is 9.35. The van der Waals surface area contributed by atoms with Crippen LogP contribution in [0.2, 0.25) is 0 Å². The van der Waals surface area contributed by atoms with Crippen LogP contribution in [-0.4, -0.2) is 56.4 Å². The van der Waals surface area contributed by atoms with Crippen molar-refractivity contribution in [2.24, 2.45) is 0 Å². The van der Waals surface area contributed by atoms with Crippen molar-refractivity contribution in [3.8, 4) is 0 Å². The lowest BCUT2D eigenvalue weighted by Crippen LogP contribution is -2.47. The number of ether oxygens (including phenoxy) is 1. The Hall–Kier alpha value is -2.22. The molecule has 156 valence electrons. The van der Waals surface area contributed by atoms with E-state index in [9.17, 15) is 13.2 Å². The number of amides is 1. The van der Waals surface area contributed by atoms with Gasteiger partial charge in [0.05, 0.1) is 24.7 Å². The van der Waals surface area contributed by atoms with Gasteiger partial charge in [0.1, 0.15) is 0 Å². The Kier molecular flexibility index (Phi) is 6.72. The minimum absolute atomic E-state index is 0.145. The van der Waals surface area contributed by atoms with E-state index in [4.69, 9.17) is 4.74 Å². The second-order valence-electron chi connectivity index (χ2n) is 7.48. The van der Waals surface area contributed by atoms with Gasteiger partial charge in [-0.3, -0.25) is 4.79 Å². The summed E-state index contributed by atoms with van der Waals surface area (Å²) in [5.74, 6) is -0.199. The zero-order chi connectivity index (χ0) is 21.0. The first kappa shape index (κ1) is 21.5. The maximum Gasteiger partial charge on any atom is 0.244 e. The lowest BCUT2D eigenvalue weighted by molar-refractivity contribution is -0.135. The quantitative estimate of drug-likeness (QED) is 0.726. The molecule has 1 saturated heterocycles. The topological polar surface area (TPSA) is 66.9 Å². The van der Waals surface area contributed by atoms with Gasteiger partial charge in [-0.15, -0.1) is 0 Å². The molecule has 1 aliphatic heterocycles. The molecule has 1 amide bonds. The molecule has 0 aromatic heterocycles. The molecule has 0 aliphatic carbocycles. The Labute approximate surface area is 173 Å². The maximum atomic E-state index is 13.6. The van der Waals surface area contributed by atoms with Gasteiger partial charge in [0, 0.05) is 19.6 Å². The second kappa shape index (κ2) is 9.07. The van der Waals surface area contributed by atoms with Crippen LogP contribution in [0.1, 0.15) is 22.3 Å². The SMILES string of the molecule is Cc1cc(C)c(S(=O)(=O)N(CC(=O)N2CCOCC2)Cc2ccccc2)c(C)c1. The number of nitrogens with zero attached hydrogens (tertiary/aromatic N) is 2. The summed E-state index contributed by atoms with van der Waals surface area (Å²) in [6, 6.07) is 13.1. The Balaban J connectivity index is 1.96. The average molecular weight is 417 g/mol. The molecule has 0 bridgehead atoms. The average Bonchev–Trinajstić information content (AvgIpc) is 2.68. The molecule has 1 aliphatic rings. The fraction of sp³-hybridized carbons (Fsp3) is 0.409. The third-order valence-electron chi connectivity index (χ3n) is 5.08. The summed E-state index contributed by atoms with van der Waals surface area (Å²) in [5.41, 5.74) is 3.24. The largest absolute Gasteiger partial charge is 0.378 e. The number of aryl methyl sites for hydroxylation is 3. The van der Waals surface area contributed by atoms with E-state index in [1.165, 1.54) is 4.31 Å². The van der Waals surface area contributed by atoms with E-state index >= 15 is 0 Å². The van der Waals surface area contributed by atoms with Gasteiger partial charge in [0.15, 0.2) is 0 Å². The Bertz CT molecular complexity index is 945. The molecule has 2 aromatic rings. The lowest BCUT2D eigenvalue weighted by atomic mass is 10.1. The molecule has 7 heteroatoms. The van der Waals surface area contributed by atoms with Crippen molar-refractivity contribution in [2.75, 3.05) is 32.8 Å². The van der Waals surface area contributed by atoms with Gasteiger partial charge in [-0.25, -0.2) is 8.42 Å². The highest BCUT2D eigenvalue weighted by Gasteiger charge is 2.31. The molecule has 0 unspecified atom stereocenters. The van der Waals surface area contributed by atoms with Gasteiger partial charge in [-0.05, 0) is 37.5 Å². The van der Waals surface area contributed by atoms with E-state index in [2.05, 4.69) is 0 Å². The van der Waals surface area contributed by atoms with Crippen LogP contribution >= 0.6 is 0 Å². The molecule has 6 nitrogen and oxygen atoms in total. The number of sulfonamides is 1. The van der Waals surface area contributed by atoms with Gasteiger partial charge < -0.3 is 9.64 Å². The van der Waals surface area contributed by atoms with Crippen LogP contribution in [0.3, 0.4) is 0 Å². The highest BCUT2D eigenvalue weighted by molar-refractivity contribution is 7.89. The molecule has 29 heavy (non-hydrogen) atoms. The highest BCUT2D eigenvalue weighted by atomic mass is 32.2. The summed E-state index contributed by atoms with van der Waals surface area (Å²) in [4.78, 5) is 14.8. The van der Waals surface area contributed by atoms with Crippen LogP contribution < -0.4 is 0 Å². The van der Waals surface area contributed by atoms with E-state index in [0.29, 0.717) is 37.4 Å². The maximum absolute atomic E-state index is 13.6. The van der Waals surface area contributed by atoms with Crippen LogP contribution in [-0.2, 0) is 26.1 Å². The molecular weight excluding hydrogens is 388 g/mol. The molecule has 0 saturated carbocycles. The van der Waals surface area contributed by atoms with Crippen LogP contribution in [0.4, 0.5) is 0 Å². The Morgan fingerprint density at radius 1 is 1.03 bits per heavy atom. The summed E-state index contributed by atoms with van der Waals surface area (Å²) in [7, 11) is -3.86. The third-order valence-corrected chi connectivity index (χ3v) is 7.18. The first-order valence-electron chi connectivity index (χ1n) is 9.76. The molecule has 0 radical (unpaired) electrons. The molecule has 3 rings (SSSR count). The molecule has 1 heterocycles.